The van der Waals surface area contributed by atoms with Crippen LogP contribution in [0.4, 0.5) is 17.1 Å². The molecule has 4 rings (SSSR count). The lowest BCUT2D eigenvalue weighted by Crippen LogP contribution is -2.47. The van der Waals surface area contributed by atoms with E-state index in [9.17, 15) is 9.59 Å². The van der Waals surface area contributed by atoms with E-state index in [1.807, 2.05) is 61.9 Å². The predicted octanol–water partition coefficient (Wildman–Crippen LogP) is 3.95. The third kappa shape index (κ3) is 7.26. The van der Waals surface area contributed by atoms with Crippen LogP contribution in [0.5, 0.6) is 5.75 Å². The zero-order valence-electron chi connectivity index (χ0n) is 22.4. The van der Waals surface area contributed by atoms with Gasteiger partial charge in [0.05, 0.1) is 24.8 Å². The number of para-hydroxylation sites is 2. The van der Waals surface area contributed by atoms with Crippen LogP contribution in [0.3, 0.4) is 0 Å². The summed E-state index contributed by atoms with van der Waals surface area (Å²) in [5.41, 5.74) is 3.17. The Kier molecular flexibility index (Phi) is 9.62. The van der Waals surface area contributed by atoms with Crippen LogP contribution in [0.25, 0.3) is 0 Å². The zero-order valence-corrected chi connectivity index (χ0v) is 23.2. The van der Waals surface area contributed by atoms with Gasteiger partial charge in [0.1, 0.15) is 5.75 Å². The van der Waals surface area contributed by atoms with E-state index in [4.69, 9.17) is 4.74 Å². The van der Waals surface area contributed by atoms with Gasteiger partial charge in [-0.2, -0.15) is 0 Å². The van der Waals surface area contributed by atoms with Crippen molar-refractivity contribution in [3.05, 3.63) is 70.4 Å². The fourth-order valence-corrected chi connectivity index (χ4v) is 5.32. The van der Waals surface area contributed by atoms with Crippen molar-refractivity contribution >= 4 is 40.2 Å². The molecule has 8 nitrogen and oxygen atoms in total. The Hall–Kier alpha value is -3.56. The summed E-state index contributed by atoms with van der Waals surface area (Å²) in [6.45, 7) is 4.64. The summed E-state index contributed by atoms with van der Waals surface area (Å²) in [5, 5.41) is 8.00. The van der Waals surface area contributed by atoms with E-state index in [1.54, 1.807) is 24.5 Å². The summed E-state index contributed by atoms with van der Waals surface area (Å²) < 4.78 is 5.55. The molecule has 1 aliphatic rings. The smallest absolute Gasteiger partial charge is 0.253 e. The Balaban J connectivity index is 1.48. The molecule has 0 aliphatic carbocycles. The number of carbonyl (C=O) groups excluding carboxylic acids is 2. The number of carbonyl (C=O) groups is 2. The van der Waals surface area contributed by atoms with Crippen molar-refractivity contribution < 1.29 is 14.3 Å². The lowest BCUT2D eigenvalue weighted by atomic mass is 10.1. The van der Waals surface area contributed by atoms with E-state index < -0.39 is 0 Å². The first-order valence-electron chi connectivity index (χ1n) is 13.0. The summed E-state index contributed by atoms with van der Waals surface area (Å²) in [7, 11) is 5.74. The van der Waals surface area contributed by atoms with Crippen LogP contribution < -0.4 is 25.2 Å². The lowest BCUT2D eigenvalue weighted by molar-refractivity contribution is -0.115. The second kappa shape index (κ2) is 13.3. The van der Waals surface area contributed by atoms with Gasteiger partial charge in [0.15, 0.2) is 0 Å². The lowest BCUT2D eigenvalue weighted by Gasteiger charge is -2.38. The molecule has 0 radical (unpaired) electrons. The number of thiophene rings is 1. The minimum absolute atomic E-state index is 0.0945. The molecule has 1 fully saturated rings. The molecule has 38 heavy (non-hydrogen) atoms. The number of rotatable bonds is 11. The summed E-state index contributed by atoms with van der Waals surface area (Å²) in [4.78, 5) is 33.6. The molecule has 0 bridgehead atoms. The molecular weight excluding hydrogens is 498 g/mol. The van der Waals surface area contributed by atoms with E-state index in [0.717, 1.165) is 61.1 Å². The van der Waals surface area contributed by atoms with E-state index in [1.165, 1.54) is 0 Å². The van der Waals surface area contributed by atoms with Gasteiger partial charge in [0.2, 0.25) is 5.91 Å². The second-order valence-electron chi connectivity index (χ2n) is 9.59. The van der Waals surface area contributed by atoms with Crippen LogP contribution >= 0.6 is 11.3 Å². The van der Waals surface area contributed by atoms with E-state index in [0.29, 0.717) is 24.2 Å². The van der Waals surface area contributed by atoms with E-state index >= 15 is 0 Å². The Morgan fingerprint density at radius 1 is 0.974 bits per heavy atom. The van der Waals surface area contributed by atoms with Gasteiger partial charge >= 0.3 is 0 Å². The SMILES string of the molecule is COc1ccccc1N1CCN(c2ccc(NC(=O)Cc3cccs3)cc2C(=O)NCCCN(C)C)CC1. The van der Waals surface area contributed by atoms with Gasteiger partial charge < -0.3 is 30.1 Å². The third-order valence-electron chi connectivity index (χ3n) is 6.55. The molecule has 0 unspecified atom stereocenters. The van der Waals surface area contributed by atoms with Gasteiger partial charge in [-0.1, -0.05) is 18.2 Å². The second-order valence-corrected chi connectivity index (χ2v) is 10.6. The summed E-state index contributed by atoms with van der Waals surface area (Å²) >= 11 is 1.56. The van der Waals surface area contributed by atoms with Crippen LogP contribution in [-0.4, -0.2) is 77.2 Å². The van der Waals surface area contributed by atoms with Crippen molar-refractivity contribution in [3.8, 4) is 5.75 Å². The number of anilines is 3. The number of benzene rings is 2. The van der Waals surface area contributed by atoms with Gasteiger partial charge in [-0.3, -0.25) is 9.59 Å². The number of amides is 2. The van der Waals surface area contributed by atoms with Crippen LogP contribution in [-0.2, 0) is 11.2 Å². The van der Waals surface area contributed by atoms with Crippen molar-refractivity contribution in [2.24, 2.45) is 0 Å². The molecule has 0 spiro atoms. The largest absolute Gasteiger partial charge is 0.495 e. The van der Waals surface area contributed by atoms with Gasteiger partial charge in [-0.15, -0.1) is 11.3 Å². The number of hydrogen-bond acceptors (Lipinski definition) is 7. The van der Waals surface area contributed by atoms with E-state index in [-0.39, 0.29) is 11.8 Å². The Labute approximate surface area is 229 Å². The third-order valence-corrected chi connectivity index (χ3v) is 7.43. The van der Waals surface area contributed by atoms with Crippen molar-refractivity contribution in [2.45, 2.75) is 12.8 Å². The Morgan fingerprint density at radius 2 is 1.71 bits per heavy atom. The van der Waals surface area contributed by atoms with Crippen LogP contribution in [0, 0.1) is 0 Å². The minimum Gasteiger partial charge on any atom is -0.495 e. The van der Waals surface area contributed by atoms with Crippen LogP contribution in [0.1, 0.15) is 21.7 Å². The first-order chi connectivity index (χ1) is 18.4. The molecule has 0 saturated carbocycles. The summed E-state index contributed by atoms with van der Waals surface area (Å²) in [5.74, 6) is 0.643. The van der Waals surface area contributed by atoms with Crippen molar-refractivity contribution in [3.63, 3.8) is 0 Å². The quantitative estimate of drug-likeness (QED) is 0.362. The molecule has 202 valence electrons. The minimum atomic E-state index is -0.125. The highest BCUT2D eigenvalue weighted by Crippen LogP contribution is 2.31. The molecule has 9 heteroatoms. The number of methoxy groups -OCH3 is 1. The molecule has 1 aromatic heterocycles. The normalized spacial score (nSPS) is 13.5. The number of nitrogens with zero attached hydrogens (tertiary/aromatic N) is 3. The maximum Gasteiger partial charge on any atom is 0.253 e. The highest BCUT2D eigenvalue weighted by molar-refractivity contribution is 7.10. The zero-order chi connectivity index (χ0) is 26.9. The Bertz CT molecular complexity index is 1210. The van der Waals surface area contributed by atoms with E-state index in [2.05, 4.69) is 31.4 Å². The van der Waals surface area contributed by atoms with Gasteiger partial charge in [-0.05, 0) is 68.8 Å². The van der Waals surface area contributed by atoms with Crippen molar-refractivity contribution in [1.82, 2.24) is 10.2 Å². The molecule has 2 aromatic carbocycles. The standard InChI is InChI=1S/C29H37N5O3S/c1-32(2)14-7-13-30-29(36)24-20-22(31-28(35)21-23-8-6-19-38-23)11-12-25(24)33-15-17-34(18-16-33)26-9-4-5-10-27(26)37-3/h4-6,8-12,19-20H,7,13-18,21H2,1-3H3,(H,30,36)(H,31,35). The topological polar surface area (TPSA) is 77.1 Å². The number of nitrogens with one attached hydrogen (secondary N) is 2. The van der Waals surface area contributed by atoms with Gasteiger partial charge in [0, 0.05) is 49.0 Å². The monoisotopic (exact) mass is 535 g/mol. The first-order valence-corrected chi connectivity index (χ1v) is 13.8. The Morgan fingerprint density at radius 3 is 2.39 bits per heavy atom. The summed E-state index contributed by atoms with van der Waals surface area (Å²) in [6.07, 6.45) is 1.18. The summed E-state index contributed by atoms with van der Waals surface area (Å²) in [6, 6.07) is 17.6. The highest BCUT2D eigenvalue weighted by Gasteiger charge is 2.24. The van der Waals surface area contributed by atoms with Gasteiger partial charge in [0.25, 0.3) is 5.91 Å². The molecular formula is C29H37N5O3S. The van der Waals surface area contributed by atoms with Crippen molar-refractivity contribution in [2.75, 3.05) is 75.6 Å². The fourth-order valence-electron chi connectivity index (χ4n) is 4.62. The highest BCUT2D eigenvalue weighted by atomic mass is 32.1. The fraction of sp³-hybridized carbons (Fsp3) is 0.379. The number of hydrogen-bond donors (Lipinski definition) is 2. The van der Waals surface area contributed by atoms with Crippen molar-refractivity contribution in [1.29, 1.82) is 0 Å². The molecule has 1 saturated heterocycles. The molecule has 3 aromatic rings. The maximum atomic E-state index is 13.3. The predicted molar refractivity (Wildman–Crippen MR) is 156 cm³/mol. The number of ether oxygens (including phenoxy) is 1. The average Bonchev–Trinajstić information content (AvgIpc) is 3.44. The molecule has 1 aliphatic heterocycles. The van der Waals surface area contributed by atoms with Crippen LogP contribution in [0.15, 0.2) is 60.0 Å². The maximum absolute atomic E-state index is 13.3. The molecule has 2 amide bonds. The average molecular weight is 536 g/mol. The first kappa shape index (κ1) is 27.5. The molecule has 2 heterocycles. The van der Waals surface area contributed by atoms with Crippen LogP contribution in [0.2, 0.25) is 0 Å². The number of piperazine rings is 1. The van der Waals surface area contributed by atoms with Gasteiger partial charge in [-0.25, -0.2) is 0 Å². The molecule has 2 N–H and O–H groups in total. The molecule has 0 atom stereocenters.